The topological polar surface area (TPSA) is 45.2 Å². The van der Waals surface area contributed by atoms with Crippen molar-refractivity contribution in [3.63, 3.8) is 0 Å². The molecular weight excluding hydrogens is 358 g/mol. The van der Waals surface area contributed by atoms with Crippen molar-refractivity contribution in [3.05, 3.63) is 59.5 Å². The van der Waals surface area contributed by atoms with Gasteiger partial charge in [-0.3, -0.25) is 4.98 Å². The van der Waals surface area contributed by atoms with Crippen LogP contribution in [-0.4, -0.2) is 28.2 Å². The Bertz CT molecular complexity index is 1060. The first-order valence-corrected chi connectivity index (χ1v) is 10.4. The van der Waals surface area contributed by atoms with Crippen LogP contribution < -0.4 is 9.80 Å². The molecule has 0 aliphatic carbocycles. The largest absolute Gasteiger partial charge is 0.337 e. The zero-order valence-electron chi connectivity index (χ0n) is 17.7. The second kappa shape index (κ2) is 6.55. The molecule has 2 aromatic heterocycles. The molecule has 0 spiro atoms. The standard InChI is InChI=1S/C24H27N5/c1-14(2)17-11-25-12-18(15(3)4)22(17)23-26-13-20-24(27-23)28(5)21-10-16-8-6-7-9-19(16)29(20)21/h6-9,11-15,21H,10H2,1-5H3. The molecule has 2 aliphatic rings. The lowest BCUT2D eigenvalue weighted by Gasteiger charge is -2.23. The zero-order valence-corrected chi connectivity index (χ0v) is 17.7. The molecule has 2 aliphatic heterocycles. The van der Waals surface area contributed by atoms with Crippen molar-refractivity contribution in [2.75, 3.05) is 16.8 Å². The third kappa shape index (κ3) is 2.64. The third-order valence-electron chi connectivity index (χ3n) is 6.21. The molecule has 1 unspecified atom stereocenters. The zero-order chi connectivity index (χ0) is 20.3. The van der Waals surface area contributed by atoms with E-state index in [9.17, 15) is 0 Å². The molecule has 0 amide bonds. The molecule has 5 heteroatoms. The molecule has 0 bridgehead atoms. The SMILES string of the molecule is CC(C)c1cncc(C(C)C)c1-c1ncc2c(n1)N(C)C1Cc3ccccc3N21. The van der Waals surface area contributed by atoms with Crippen molar-refractivity contribution in [1.29, 1.82) is 0 Å². The molecule has 148 valence electrons. The number of hydrogen-bond acceptors (Lipinski definition) is 5. The Morgan fingerprint density at radius 1 is 0.931 bits per heavy atom. The molecule has 0 fully saturated rings. The van der Waals surface area contributed by atoms with E-state index >= 15 is 0 Å². The second-order valence-electron chi connectivity index (χ2n) is 8.70. The van der Waals surface area contributed by atoms with E-state index in [1.807, 2.05) is 18.6 Å². The van der Waals surface area contributed by atoms with Gasteiger partial charge in [-0.15, -0.1) is 0 Å². The van der Waals surface area contributed by atoms with Crippen LogP contribution in [0.2, 0.25) is 0 Å². The summed E-state index contributed by atoms with van der Waals surface area (Å²) in [6.07, 6.45) is 7.23. The Morgan fingerprint density at radius 3 is 2.31 bits per heavy atom. The first-order chi connectivity index (χ1) is 14.0. The number of fused-ring (bicyclic) bond motifs is 5. The molecule has 1 atom stereocenters. The normalized spacial score (nSPS) is 17.1. The van der Waals surface area contributed by atoms with Gasteiger partial charge in [-0.05, 0) is 34.6 Å². The van der Waals surface area contributed by atoms with Crippen LogP contribution in [0.3, 0.4) is 0 Å². The molecule has 0 saturated heterocycles. The van der Waals surface area contributed by atoms with Crippen LogP contribution in [0.4, 0.5) is 17.2 Å². The van der Waals surface area contributed by atoms with E-state index in [4.69, 9.17) is 9.97 Å². The lowest BCUT2D eigenvalue weighted by molar-refractivity contribution is 0.699. The minimum absolute atomic E-state index is 0.276. The van der Waals surface area contributed by atoms with Crippen LogP contribution in [0.1, 0.15) is 56.2 Å². The summed E-state index contributed by atoms with van der Waals surface area (Å²) in [5.41, 5.74) is 7.32. The summed E-state index contributed by atoms with van der Waals surface area (Å²) in [4.78, 5) is 19.1. The first kappa shape index (κ1) is 18.1. The maximum Gasteiger partial charge on any atom is 0.162 e. The van der Waals surface area contributed by atoms with Crippen molar-refractivity contribution < 1.29 is 0 Å². The highest BCUT2D eigenvalue weighted by atomic mass is 15.4. The van der Waals surface area contributed by atoms with Gasteiger partial charge < -0.3 is 9.80 Å². The average molecular weight is 386 g/mol. The monoisotopic (exact) mass is 385 g/mol. The van der Waals surface area contributed by atoms with E-state index in [0.29, 0.717) is 11.8 Å². The van der Waals surface area contributed by atoms with Gasteiger partial charge in [0.05, 0.1) is 6.20 Å². The van der Waals surface area contributed by atoms with Crippen LogP contribution in [0.15, 0.2) is 42.9 Å². The second-order valence-corrected chi connectivity index (χ2v) is 8.70. The van der Waals surface area contributed by atoms with Crippen molar-refractivity contribution >= 4 is 17.2 Å². The summed E-state index contributed by atoms with van der Waals surface area (Å²) in [6, 6.07) is 8.64. The smallest absolute Gasteiger partial charge is 0.162 e. The van der Waals surface area contributed by atoms with Gasteiger partial charge >= 0.3 is 0 Å². The summed E-state index contributed by atoms with van der Waals surface area (Å²) in [6.45, 7) is 8.82. The van der Waals surface area contributed by atoms with Gasteiger partial charge in [-0.2, -0.15) is 0 Å². The molecule has 5 rings (SSSR count). The van der Waals surface area contributed by atoms with Crippen LogP contribution in [0.5, 0.6) is 0 Å². The quantitative estimate of drug-likeness (QED) is 0.616. The predicted molar refractivity (Wildman–Crippen MR) is 118 cm³/mol. The molecule has 0 N–H and O–H groups in total. The van der Waals surface area contributed by atoms with Gasteiger partial charge in [0.1, 0.15) is 11.9 Å². The Labute approximate surface area is 172 Å². The highest BCUT2D eigenvalue weighted by molar-refractivity contribution is 5.85. The molecule has 0 radical (unpaired) electrons. The first-order valence-electron chi connectivity index (χ1n) is 10.4. The predicted octanol–water partition coefficient (Wildman–Crippen LogP) is 5.26. The number of pyridine rings is 1. The molecule has 29 heavy (non-hydrogen) atoms. The van der Waals surface area contributed by atoms with Crippen LogP contribution >= 0.6 is 0 Å². The summed E-state index contributed by atoms with van der Waals surface area (Å²) < 4.78 is 0. The molecule has 1 aromatic carbocycles. The van der Waals surface area contributed by atoms with E-state index in [1.165, 1.54) is 22.4 Å². The van der Waals surface area contributed by atoms with Crippen LogP contribution in [0, 0.1) is 0 Å². The molecular formula is C24H27N5. The Hall–Kier alpha value is -2.95. The summed E-state index contributed by atoms with van der Waals surface area (Å²) in [5, 5.41) is 0. The highest BCUT2D eigenvalue weighted by Crippen LogP contribution is 2.49. The van der Waals surface area contributed by atoms with E-state index in [2.05, 4.69) is 73.8 Å². The number of aromatic nitrogens is 3. The third-order valence-corrected chi connectivity index (χ3v) is 6.21. The fourth-order valence-electron chi connectivity index (χ4n) is 4.65. The molecule has 5 nitrogen and oxygen atoms in total. The maximum absolute atomic E-state index is 5.09. The van der Waals surface area contributed by atoms with E-state index in [1.54, 1.807) is 0 Å². The van der Waals surface area contributed by atoms with Crippen molar-refractivity contribution in [3.8, 4) is 11.4 Å². The fraction of sp³-hybridized carbons (Fsp3) is 0.375. The molecule has 4 heterocycles. The Morgan fingerprint density at radius 2 is 1.62 bits per heavy atom. The van der Waals surface area contributed by atoms with Gasteiger partial charge in [0, 0.05) is 37.1 Å². The highest BCUT2D eigenvalue weighted by Gasteiger charge is 2.42. The number of nitrogens with zero attached hydrogens (tertiary/aromatic N) is 5. The summed E-state index contributed by atoms with van der Waals surface area (Å²) >= 11 is 0. The minimum Gasteiger partial charge on any atom is -0.337 e. The number of para-hydroxylation sites is 1. The lowest BCUT2D eigenvalue weighted by Crippen LogP contribution is -2.36. The number of rotatable bonds is 3. The number of benzene rings is 1. The van der Waals surface area contributed by atoms with Gasteiger partial charge in [0.15, 0.2) is 11.6 Å². The van der Waals surface area contributed by atoms with Crippen molar-refractivity contribution in [2.24, 2.45) is 0 Å². The fourth-order valence-corrected chi connectivity index (χ4v) is 4.65. The van der Waals surface area contributed by atoms with Gasteiger partial charge in [-0.25, -0.2) is 9.97 Å². The molecule has 0 saturated carbocycles. The number of likely N-dealkylation sites (N-methyl/N-ethyl adjacent to an activating group) is 1. The van der Waals surface area contributed by atoms with Crippen molar-refractivity contribution in [1.82, 2.24) is 15.0 Å². The van der Waals surface area contributed by atoms with E-state index in [0.717, 1.165) is 29.3 Å². The van der Waals surface area contributed by atoms with E-state index < -0.39 is 0 Å². The van der Waals surface area contributed by atoms with Crippen LogP contribution in [-0.2, 0) is 6.42 Å². The minimum atomic E-state index is 0.276. The lowest BCUT2D eigenvalue weighted by atomic mass is 9.90. The molecule has 3 aromatic rings. The van der Waals surface area contributed by atoms with Gasteiger partial charge in [-0.1, -0.05) is 45.9 Å². The Balaban J connectivity index is 1.67. The number of hydrogen-bond donors (Lipinski definition) is 0. The summed E-state index contributed by atoms with van der Waals surface area (Å²) in [5.74, 6) is 2.54. The summed E-state index contributed by atoms with van der Waals surface area (Å²) in [7, 11) is 2.14. The van der Waals surface area contributed by atoms with Crippen molar-refractivity contribution in [2.45, 2.75) is 52.1 Å². The Kier molecular flexibility index (Phi) is 4.09. The average Bonchev–Trinajstić information content (AvgIpc) is 3.23. The number of anilines is 3. The maximum atomic E-state index is 5.09. The van der Waals surface area contributed by atoms with E-state index in [-0.39, 0.29) is 6.17 Å². The van der Waals surface area contributed by atoms with Crippen LogP contribution in [0.25, 0.3) is 11.4 Å². The van der Waals surface area contributed by atoms with Gasteiger partial charge in [0.25, 0.3) is 0 Å². The van der Waals surface area contributed by atoms with Gasteiger partial charge in [0.2, 0.25) is 0 Å².